The van der Waals surface area contributed by atoms with Crippen molar-refractivity contribution in [1.82, 2.24) is 14.8 Å². The molecule has 1 aliphatic rings. The van der Waals surface area contributed by atoms with Gasteiger partial charge in [0.15, 0.2) is 28.6 Å². The lowest BCUT2D eigenvalue weighted by molar-refractivity contribution is -0.137. The number of benzene rings is 2. The van der Waals surface area contributed by atoms with Crippen LogP contribution in [0.3, 0.4) is 0 Å². The van der Waals surface area contributed by atoms with Crippen molar-refractivity contribution in [2.75, 3.05) is 11.9 Å². The van der Waals surface area contributed by atoms with E-state index in [0.29, 0.717) is 29.0 Å². The molecule has 1 aromatic heterocycles. The number of thioether (sulfide) groups is 1. The largest absolute Gasteiger partial charge is 0.485 e. The normalized spacial score (nSPS) is 16.0. The fraction of sp³-hybridized carbons (Fsp3) is 0.261. The molecule has 0 fully saturated rings. The number of halogens is 4. The summed E-state index contributed by atoms with van der Waals surface area (Å²) in [6.07, 6.45) is -3.50. The summed E-state index contributed by atoms with van der Waals surface area (Å²) in [6, 6.07) is 10.5. The number of ether oxygens (including phenoxy) is 2. The Kier molecular flexibility index (Phi) is 7.27. The molecule has 0 saturated carbocycles. The molecule has 12 heteroatoms. The van der Waals surface area contributed by atoms with Gasteiger partial charge in [-0.15, -0.1) is 16.8 Å². The number of nitrogens with one attached hydrogen (secondary N) is 1. The van der Waals surface area contributed by atoms with Gasteiger partial charge in [0.05, 0.1) is 15.8 Å². The van der Waals surface area contributed by atoms with Crippen molar-refractivity contribution in [1.29, 1.82) is 0 Å². The van der Waals surface area contributed by atoms with E-state index in [9.17, 15) is 18.0 Å². The van der Waals surface area contributed by atoms with Gasteiger partial charge in [-0.2, -0.15) is 13.2 Å². The Bertz CT molecular complexity index is 1250. The number of alkyl halides is 3. The van der Waals surface area contributed by atoms with Crippen LogP contribution in [-0.4, -0.2) is 32.5 Å². The van der Waals surface area contributed by atoms with Crippen LogP contribution in [0.15, 0.2) is 60.3 Å². The first kappa shape index (κ1) is 24.9. The average Bonchev–Trinajstić information content (AvgIpc) is 3.21. The molecular weight excluding hydrogens is 505 g/mol. The molecule has 0 aliphatic carbocycles. The number of fused-ring (bicyclic) bond motifs is 1. The van der Waals surface area contributed by atoms with Crippen molar-refractivity contribution in [3.8, 4) is 11.5 Å². The highest BCUT2D eigenvalue weighted by Gasteiger charge is 2.34. The zero-order valence-corrected chi connectivity index (χ0v) is 20.0. The fourth-order valence-electron chi connectivity index (χ4n) is 3.35. The van der Waals surface area contributed by atoms with Gasteiger partial charge in [0.25, 0.3) is 0 Å². The molecular formula is C23H20ClF3N4O3S. The Morgan fingerprint density at radius 3 is 2.77 bits per heavy atom. The highest BCUT2D eigenvalue weighted by molar-refractivity contribution is 8.00. The molecule has 0 radical (unpaired) electrons. The van der Waals surface area contributed by atoms with Gasteiger partial charge in [0, 0.05) is 12.2 Å². The van der Waals surface area contributed by atoms with E-state index >= 15 is 0 Å². The number of para-hydroxylation sites is 2. The van der Waals surface area contributed by atoms with Crippen LogP contribution >= 0.6 is 23.4 Å². The van der Waals surface area contributed by atoms with Crippen LogP contribution in [0, 0.1) is 0 Å². The minimum atomic E-state index is -4.64. The third-order valence-electron chi connectivity index (χ3n) is 5.04. The van der Waals surface area contributed by atoms with E-state index in [2.05, 4.69) is 22.1 Å². The number of allylic oxidation sites excluding steroid dienone is 1. The smallest absolute Gasteiger partial charge is 0.417 e. The third-order valence-corrected chi connectivity index (χ3v) is 6.45. The predicted octanol–water partition coefficient (Wildman–Crippen LogP) is 5.77. The molecule has 4 rings (SSSR count). The summed E-state index contributed by atoms with van der Waals surface area (Å²) in [6.45, 7) is 5.96. The van der Waals surface area contributed by atoms with Gasteiger partial charge in [-0.1, -0.05) is 41.6 Å². The van der Waals surface area contributed by atoms with E-state index in [1.807, 2.05) is 12.1 Å². The molecule has 1 aliphatic heterocycles. The molecule has 0 spiro atoms. The minimum absolute atomic E-state index is 0.0150. The lowest BCUT2D eigenvalue weighted by Gasteiger charge is -2.26. The molecule has 0 bridgehead atoms. The molecule has 0 saturated heterocycles. The van der Waals surface area contributed by atoms with E-state index < -0.39 is 34.0 Å². The molecule has 3 aromatic rings. The van der Waals surface area contributed by atoms with Crippen molar-refractivity contribution in [3.63, 3.8) is 0 Å². The highest BCUT2D eigenvalue weighted by Crippen LogP contribution is 2.38. The number of anilines is 1. The van der Waals surface area contributed by atoms with Crippen molar-refractivity contribution in [2.24, 2.45) is 0 Å². The number of hydrogen-bond acceptors (Lipinski definition) is 6. The van der Waals surface area contributed by atoms with E-state index in [4.69, 9.17) is 21.1 Å². The molecule has 2 atom stereocenters. The van der Waals surface area contributed by atoms with E-state index in [0.717, 1.165) is 23.9 Å². The Hall–Kier alpha value is -3.18. The van der Waals surface area contributed by atoms with Crippen LogP contribution in [0.1, 0.15) is 24.4 Å². The van der Waals surface area contributed by atoms with Gasteiger partial charge in [0.2, 0.25) is 5.91 Å². The first-order chi connectivity index (χ1) is 16.7. The summed E-state index contributed by atoms with van der Waals surface area (Å²) in [5.74, 6) is 1.21. The second-order valence-electron chi connectivity index (χ2n) is 7.55. The Morgan fingerprint density at radius 2 is 2.06 bits per heavy atom. The maximum Gasteiger partial charge on any atom is 0.417 e. The standard InChI is InChI=1S/C23H20ClF3N4O3S/c1-3-10-31-20(19-12-33-17-6-4-5-7-18(17)34-19)29-30-22(31)35-13(2)21(32)28-14-8-9-16(24)15(11-14)23(25,26)27/h3-9,11,13,19H,1,10,12H2,2H3,(H,28,32). The fourth-order valence-corrected chi connectivity index (χ4v) is 4.44. The van der Waals surface area contributed by atoms with Gasteiger partial charge in [-0.05, 0) is 37.3 Å². The van der Waals surface area contributed by atoms with Gasteiger partial charge in [-0.25, -0.2) is 0 Å². The van der Waals surface area contributed by atoms with E-state index in [1.165, 1.54) is 6.07 Å². The molecule has 1 amide bonds. The van der Waals surface area contributed by atoms with Crippen LogP contribution in [0.25, 0.3) is 0 Å². The van der Waals surface area contributed by atoms with Gasteiger partial charge < -0.3 is 14.8 Å². The second kappa shape index (κ2) is 10.2. The van der Waals surface area contributed by atoms with Gasteiger partial charge >= 0.3 is 6.18 Å². The topological polar surface area (TPSA) is 78.3 Å². The van der Waals surface area contributed by atoms with Crippen molar-refractivity contribution in [3.05, 3.63) is 71.5 Å². The Balaban J connectivity index is 1.49. The molecule has 7 nitrogen and oxygen atoms in total. The number of rotatable bonds is 7. The summed E-state index contributed by atoms with van der Waals surface area (Å²) >= 11 is 6.75. The zero-order chi connectivity index (χ0) is 25.2. The van der Waals surface area contributed by atoms with Crippen LogP contribution in [0.4, 0.5) is 18.9 Å². The lowest BCUT2D eigenvalue weighted by Crippen LogP contribution is -2.25. The molecule has 184 valence electrons. The lowest BCUT2D eigenvalue weighted by atomic mass is 10.2. The first-order valence-corrected chi connectivity index (χ1v) is 11.7. The number of amides is 1. The number of carbonyl (C=O) groups excluding carboxylic acids is 1. The monoisotopic (exact) mass is 524 g/mol. The Morgan fingerprint density at radius 1 is 1.31 bits per heavy atom. The SMILES string of the molecule is C=CCn1c(SC(C)C(=O)Nc2ccc(Cl)c(C(F)(F)F)c2)nnc1C1COc2ccccc2O1. The van der Waals surface area contributed by atoms with Crippen LogP contribution < -0.4 is 14.8 Å². The zero-order valence-electron chi connectivity index (χ0n) is 18.4. The maximum atomic E-state index is 13.1. The molecule has 2 aromatic carbocycles. The van der Waals surface area contributed by atoms with E-state index in [1.54, 1.807) is 29.7 Å². The third kappa shape index (κ3) is 5.57. The Labute approximate surface area is 208 Å². The molecule has 35 heavy (non-hydrogen) atoms. The van der Waals surface area contributed by atoms with Gasteiger partial charge in [0.1, 0.15) is 6.61 Å². The van der Waals surface area contributed by atoms with Crippen molar-refractivity contribution < 1.29 is 27.4 Å². The van der Waals surface area contributed by atoms with Crippen molar-refractivity contribution in [2.45, 2.75) is 36.2 Å². The quantitative estimate of drug-likeness (QED) is 0.312. The molecule has 1 N–H and O–H groups in total. The summed E-state index contributed by atoms with van der Waals surface area (Å²) in [4.78, 5) is 12.7. The predicted molar refractivity (Wildman–Crippen MR) is 126 cm³/mol. The van der Waals surface area contributed by atoms with Crippen LogP contribution in [0.2, 0.25) is 5.02 Å². The number of nitrogens with zero attached hydrogens (tertiary/aromatic N) is 3. The molecule has 2 unspecified atom stereocenters. The van der Waals surface area contributed by atoms with Crippen molar-refractivity contribution >= 4 is 35.0 Å². The summed E-state index contributed by atoms with van der Waals surface area (Å²) in [5, 5.41) is 10.2. The summed E-state index contributed by atoms with van der Waals surface area (Å²) < 4.78 is 52.9. The number of carbonyl (C=O) groups is 1. The average molecular weight is 525 g/mol. The number of aromatic nitrogens is 3. The first-order valence-electron chi connectivity index (χ1n) is 10.4. The minimum Gasteiger partial charge on any atom is -0.485 e. The number of hydrogen-bond donors (Lipinski definition) is 1. The maximum absolute atomic E-state index is 13.1. The van der Waals surface area contributed by atoms with Crippen LogP contribution in [0.5, 0.6) is 11.5 Å². The second-order valence-corrected chi connectivity index (χ2v) is 9.26. The van der Waals surface area contributed by atoms with Crippen LogP contribution in [-0.2, 0) is 17.5 Å². The summed E-state index contributed by atoms with van der Waals surface area (Å²) in [5.41, 5.74) is -1.04. The highest BCUT2D eigenvalue weighted by atomic mass is 35.5. The van der Waals surface area contributed by atoms with E-state index in [-0.39, 0.29) is 12.3 Å². The van der Waals surface area contributed by atoms with Gasteiger partial charge in [-0.3, -0.25) is 9.36 Å². The molecule has 2 heterocycles. The summed E-state index contributed by atoms with van der Waals surface area (Å²) in [7, 11) is 0.